The second-order valence-electron chi connectivity index (χ2n) is 8.06. The summed E-state index contributed by atoms with van der Waals surface area (Å²) in [4.78, 5) is 32.7. The van der Waals surface area contributed by atoms with Crippen LogP contribution in [0.3, 0.4) is 0 Å². The molecule has 2 aromatic carbocycles. The van der Waals surface area contributed by atoms with Crippen molar-refractivity contribution in [2.24, 2.45) is 0 Å². The number of carbonyl (C=O) groups is 2. The summed E-state index contributed by atoms with van der Waals surface area (Å²) in [6, 6.07) is 14.4. The minimum Gasteiger partial charge on any atom is -0.327 e. The van der Waals surface area contributed by atoms with Crippen LogP contribution >= 0.6 is 23.2 Å². The zero-order valence-corrected chi connectivity index (χ0v) is 19.6. The number of likely N-dealkylation sites (N-methyl/N-ethyl adjacent to an activating group) is 1. The standard InChI is InChI=1S/C25H19Cl2FN4O2/c1-32(24(34)18-8-19(28)12-30-11-18)25(23(33)16-4-2-15(10-29)3-5-16)14-31-13-20(25)17-6-7-21(26)22(27)9-17/h2-9,11-12,20,31H,13-14H2,1H3/t20-,25+/m0/s1. The molecule has 4 rings (SSSR count). The molecule has 0 spiro atoms. The molecular formula is C25H19Cl2FN4O2. The van der Waals surface area contributed by atoms with Gasteiger partial charge < -0.3 is 10.2 Å². The number of benzene rings is 2. The van der Waals surface area contributed by atoms with Crippen molar-refractivity contribution in [2.75, 3.05) is 20.1 Å². The third-order valence-corrected chi connectivity index (χ3v) is 6.93. The highest BCUT2D eigenvalue weighted by Gasteiger charge is 2.54. The number of Topliss-reactive ketones (excluding diaryl/α,β-unsaturated/α-hetero) is 1. The number of rotatable bonds is 5. The van der Waals surface area contributed by atoms with Gasteiger partial charge in [0.15, 0.2) is 5.78 Å². The summed E-state index contributed by atoms with van der Waals surface area (Å²) in [5.74, 6) is -2.01. The average Bonchev–Trinajstić information content (AvgIpc) is 3.30. The van der Waals surface area contributed by atoms with Crippen molar-refractivity contribution in [3.05, 3.63) is 99.0 Å². The van der Waals surface area contributed by atoms with Gasteiger partial charge in [0.2, 0.25) is 0 Å². The van der Waals surface area contributed by atoms with Crippen LogP contribution in [0.4, 0.5) is 4.39 Å². The predicted octanol–water partition coefficient (Wildman–Crippen LogP) is 4.48. The zero-order chi connectivity index (χ0) is 24.5. The molecule has 2 heterocycles. The lowest BCUT2D eigenvalue weighted by Gasteiger charge is -2.41. The van der Waals surface area contributed by atoms with E-state index in [-0.39, 0.29) is 17.9 Å². The quantitative estimate of drug-likeness (QED) is 0.526. The smallest absolute Gasteiger partial charge is 0.256 e. The van der Waals surface area contributed by atoms with Crippen molar-refractivity contribution in [3.63, 3.8) is 0 Å². The zero-order valence-electron chi connectivity index (χ0n) is 18.1. The molecule has 34 heavy (non-hydrogen) atoms. The molecule has 1 fully saturated rings. The first kappa shape index (κ1) is 23.8. The fourth-order valence-electron chi connectivity index (χ4n) is 4.41. The Labute approximate surface area is 205 Å². The number of nitriles is 1. The highest BCUT2D eigenvalue weighted by molar-refractivity contribution is 6.42. The molecule has 0 saturated carbocycles. The van der Waals surface area contributed by atoms with Gasteiger partial charge in [0, 0.05) is 37.8 Å². The van der Waals surface area contributed by atoms with E-state index in [0.717, 1.165) is 17.8 Å². The fraction of sp³-hybridized carbons (Fsp3) is 0.200. The van der Waals surface area contributed by atoms with E-state index >= 15 is 0 Å². The molecule has 0 aliphatic carbocycles. The third-order valence-electron chi connectivity index (χ3n) is 6.19. The molecule has 6 nitrogen and oxygen atoms in total. The second kappa shape index (κ2) is 9.51. The van der Waals surface area contributed by atoms with Gasteiger partial charge in [-0.2, -0.15) is 5.26 Å². The first-order chi connectivity index (χ1) is 16.3. The first-order valence-corrected chi connectivity index (χ1v) is 11.1. The van der Waals surface area contributed by atoms with Crippen molar-refractivity contribution in [1.29, 1.82) is 5.26 Å². The molecule has 2 atom stereocenters. The summed E-state index contributed by atoms with van der Waals surface area (Å²) in [6.45, 7) is 0.542. The van der Waals surface area contributed by atoms with Crippen molar-refractivity contribution < 1.29 is 14.0 Å². The second-order valence-corrected chi connectivity index (χ2v) is 8.87. The van der Waals surface area contributed by atoms with Gasteiger partial charge in [0.1, 0.15) is 11.4 Å². The van der Waals surface area contributed by atoms with Gasteiger partial charge in [0.25, 0.3) is 5.91 Å². The normalized spacial score (nSPS) is 19.4. The van der Waals surface area contributed by atoms with E-state index in [0.29, 0.717) is 27.7 Å². The third kappa shape index (κ3) is 4.16. The maximum absolute atomic E-state index is 14.1. The molecule has 0 bridgehead atoms. The number of pyridine rings is 1. The summed E-state index contributed by atoms with van der Waals surface area (Å²) in [6.07, 6.45) is 2.27. The minimum absolute atomic E-state index is 0.0225. The van der Waals surface area contributed by atoms with Crippen LogP contribution in [0.15, 0.2) is 60.9 Å². The van der Waals surface area contributed by atoms with E-state index in [4.69, 9.17) is 28.5 Å². The van der Waals surface area contributed by atoms with Gasteiger partial charge in [-0.25, -0.2) is 4.39 Å². The molecule has 1 N–H and O–H groups in total. The molecule has 1 saturated heterocycles. The minimum atomic E-state index is -1.37. The van der Waals surface area contributed by atoms with Gasteiger partial charge in [0.05, 0.1) is 33.4 Å². The van der Waals surface area contributed by atoms with Gasteiger partial charge in [-0.15, -0.1) is 0 Å². The summed E-state index contributed by atoms with van der Waals surface area (Å²) in [5, 5.41) is 13.1. The number of nitrogens with zero attached hydrogens (tertiary/aromatic N) is 3. The number of amides is 1. The van der Waals surface area contributed by atoms with Crippen LogP contribution in [0.5, 0.6) is 0 Å². The summed E-state index contributed by atoms with van der Waals surface area (Å²) < 4.78 is 13.8. The van der Waals surface area contributed by atoms with E-state index in [1.165, 1.54) is 18.1 Å². The Morgan fingerprint density at radius 3 is 2.50 bits per heavy atom. The summed E-state index contributed by atoms with van der Waals surface area (Å²) in [5.41, 5.74) is 0.123. The Balaban J connectivity index is 1.85. The van der Waals surface area contributed by atoms with Crippen LogP contribution in [-0.2, 0) is 0 Å². The van der Waals surface area contributed by atoms with Gasteiger partial charge in [-0.1, -0.05) is 41.4 Å². The Hall–Kier alpha value is -3.31. The van der Waals surface area contributed by atoms with E-state index in [9.17, 15) is 14.0 Å². The average molecular weight is 497 g/mol. The van der Waals surface area contributed by atoms with Crippen LogP contribution in [0.25, 0.3) is 0 Å². The van der Waals surface area contributed by atoms with Crippen LogP contribution in [0.2, 0.25) is 10.0 Å². The first-order valence-electron chi connectivity index (χ1n) is 10.4. The maximum atomic E-state index is 14.1. The SMILES string of the molecule is CN(C(=O)c1cncc(F)c1)[C@]1(C(=O)c2ccc(C#N)cc2)CNC[C@H]1c1ccc(Cl)c(Cl)c1. The molecule has 1 amide bonds. The molecule has 0 unspecified atom stereocenters. The molecule has 9 heteroatoms. The predicted molar refractivity (Wildman–Crippen MR) is 127 cm³/mol. The maximum Gasteiger partial charge on any atom is 0.256 e. The van der Waals surface area contributed by atoms with E-state index in [1.807, 2.05) is 6.07 Å². The molecular weight excluding hydrogens is 478 g/mol. The topological polar surface area (TPSA) is 86.1 Å². The number of hydrogen-bond donors (Lipinski definition) is 1. The summed E-state index contributed by atoms with van der Waals surface area (Å²) >= 11 is 12.4. The van der Waals surface area contributed by atoms with E-state index in [1.54, 1.807) is 42.5 Å². The molecule has 0 radical (unpaired) electrons. The number of carbonyl (C=O) groups excluding carboxylic acids is 2. The van der Waals surface area contributed by atoms with Crippen molar-refractivity contribution in [2.45, 2.75) is 11.5 Å². The summed E-state index contributed by atoms with van der Waals surface area (Å²) in [7, 11) is 1.52. The van der Waals surface area contributed by atoms with Gasteiger partial charge >= 0.3 is 0 Å². The Kier molecular flexibility index (Phi) is 6.67. The van der Waals surface area contributed by atoms with E-state index < -0.39 is 23.2 Å². The highest BCUT2D eigenvalue weighted by atomic mass is 35.5. The Bertz CT molecular complexity index is 1310. The van der Waals surface area contributed by atoms with Crippen LogP contribution < -0.4 is 5.32 Å². The Morgan fingerprint density at radius 2 is 1.85 bits per heavy atom. The number of ketones is 1. The van der Waals surface area contributed by atoms with Crippen LogP contribution in [0.1, 0.15) is 37.8 Å². The van der Waals surface area contributed by atoms with E-state index in [2.05, 4.69) is 10.3 Å². The Morgan fingerprint density at radius 1 is 1.12 bits per heavy atom. The molecule has 3 aromatic rings. The number of hydrogen-bond acceptors (Lipinski definition) is 5. The lowest BCUT2D eigenvalue weighted by atomic mass is 9.75. The highest BCUT2D eigenvalue weighted by Crippen LogP contribution is 2.41. The molecule has 1 aliphatic heterocycles. The number of aromatic nitrogens is 1. The van der Waals surface area contributed by atoms with Crippen LogP contribution in [-0.4, -0.2) is 47.3 Å². The largest absolute Gasteiger partial charge is 0.327 e. The lowest BCUT2D eigenvalue weighted by Crippen LogP contribution is -2.59. The van der Waals surface area contributed by atoms with Gasteiger partial charge in [-0.05, 0) is 35.9 Å². The molecule has 1 aromatic heterocycles. The van der Waals surface area contributed by atoms with Crippen molar-refractivity contribution in [1.82, 2.24) is 15.2 Å². The number of nitrogens with one attached hydrogen (secondary N) is 1. The van der Waals surface area contributed by atoms with Crippen LogP contribution in [0, 0.1) is 17.1 Å². The van der Waals surface area contributed by atoms with Crippen molar-refractivity contribution >= 4 is 34.9 Å². The number of halogens is 3. The fourth-order valence-corrected chi connectivity index (χ4v) is 4.72. The lowest BCUT2D eigenvalue weighted by molar-refractivity contribution is 0.0476. The molecule has 1 aliphatic rings. The van der Waals surface area contributed by atoms with Crippen molar-refractivity contribution in [3.8, 4) is 6.07 Å². The van der Waals surface area contributed by atoms with Gasteiger partial charge in [-0.3, -0.25) is 14.6 Å². The molecule has 172 valence electrons. The monoisotopic (exact) mass is 496 g/mol.